The molecule has 0 spiro atoms. The van der Waals surface area contributed by atoms with Crippen LogP contribution in [0.2, 0.25) is 0 Å². The molecule has 8 heteroatoms. The minimum Gasteiger partial charge on any atom is -0.508 e. The molecular weight excluding hydrogens is 458 g/mol. The number of ether oxygens (including phenoxy) is 1. The van der Waals surface area contributed by atoms with Gasteiger partial charge in [0, 0.05) is 17.6 Å². The topological polar surface area (TPSA) is 108 Å². The number of hydrogen-bond acceptors (Lipinski definition) is 5. The van der Waals surface area contributed by atoms with Gasteiger partial charge in [0.05, 0.1) is 0 Å². The number of alkyl carbamates (subject to hydrolysis) is 1. The van der Waals surface area contributed by atoms with E-state index in [1.54, 1.807) is 39.0 Å². The molecule has 0 saturated heterocycles. The monoisotopic (exact) mass is 505 g/mol. The molecule has 0 heterocycles. The maximum atomic E-state index is 14.2. The third-order valence-corrected chi connectivity index (χ3v) is 6.34. The number of rotatable bonds is 12. The summed E-state index contributed by atoms with van der Waals surface area (Å²) in [6, 6.07) is 4.15. The van der Waals surface area contributed by atoms with E-state index in [1.165, 1.54) is 11.0 Å². The summed E-state index contributed by atoms with van der Waals surface area (Å²) in [5, 5.41) is 16.5. The normalized spacial score (nSPS) is 15.7. The molecule has 36 heavy (non-hydrogen) atoms. The average Bonchev–Trinajstić information content (AvgIpc) is 2.79. The molecule has 204 valence electrons. The van der Waals surface area contributed by atoms with Crippen molar-refractivity contribution in [3.05, 3.63) is 29.8 Å². The van der Waals surface area contributed by atoms with Crippen LogP contribution in [0, 0.1) is 5.92 Å². The molecule has 0 radical (unpaired) electrons. The van der Waals surface area contributed by atoms with Crippen molar-refractivity contribution in [1.29, 1.82) is 0 Å². The van der Waals surface area contributed by atoms with Crippen LogP contribution in [0.4, 0.5) is 4.79 Å². The smallest absolute Gasteiger partial charge is 0.408 e. The molecular formula is C28H47N3O5. The Balaban J connectivity index is 3.58. The molecule has 1 rings (SSSR count). The van der Waals surface area contributed by atoms with E-state index in [2.05, 4.69) is 10.6 Å². The van der Waals surface area contributed by atoms with Gasteiger partial charge in [-0.3, -0.25) is 9.59 Å². The highest BCUT2D eigenvalue weighted by Crippen LogP contribution is 2.32. The molecule has 5 unspecified atom stereocenters. The van der Waals surface area contributed by atoms with Crippen molar-refractivity contribution < 1.29 is 24.2 Å². The fourth-order valence-electron chi connectivity index (χ4n) is 4.04. The molecule has 0 saturated carbocycles. The standard InChI is InChI=1S/C28H47N3O5/c1-10-15-19(5)29-25(33)24(21-16-13-14-17-22(21)32)31(20(6)12-3)26(34)23(18(4)11-2)30-27(35)36-28(7,8)9/h13-14,16-20,23-24,32H,10-12,15H2,1-9H3,(H,29,33)(H,30,35). The maximum Gasteiger partial charge on any atom is 0.408 e. The number of carbonyl (C=O) groups excluding carboxylic acids is 3. The lowest BCUT2D eigenvalue weighted by atomic mass is 9.94. The maximum absolute atomic E-state index is 14.2. The second-order valence-corrected chi connectivity index (χ2v) is 10.7. The summed E-state index contributed by atoms with van der Waals surface area (Å²) in [7, 11) is 0. The van der Waals surface area contributed by atoms with Crippen LogP contribution in [-0.4, -0.2) is 51.6 Å². The summed E-state index contributed by atoms with van der Waals surface area (Å²) in [6.07, 6.45) is 2.19. The summed E-state index contributed by atoms with van der Waals surface area (Å²) in [5.41, 5.74) is -0.385. The lowest BCUT2D eigenvalue weighted by Crippen LogP contribution is -2.57. The quantitative estimate of drug-likeness (QED) is 0.357. The van der Waals surface area contributed by atoms with Gasteiger partial charge in [0.1, 0.15) is 23.4 Å². The number of nitrogens with one attached hydrogen (secondary N) is 2. The Morgan fingerprint density at radius 1 is 1.00 bits per heavy atom. The molecule has 5 atom stereocenters. The van der Waals surface area contributed by atoms with Crippen molar-refractivity contribution in [2.75, 3.05) is 0 Å². The number of amides is 3. The highest BCUT2D eigenvalue weighted by atomic mass is 16.6. The number of para-hydroxylation sites is 1. The molecule has 0 aliphatic heterocycles. The Bertz CT molecular complexity index is 867. The number of nitrogens with zero attached hydrogens (tertiary/aromatic N) is 1. The zero-order chi connectivity index (χ0) is 27.6. The first-order valence-electron chi connectivity index (χ1n) is 13.2. The van der Waals surface area contributed by atoms with E-state index in [1.807, 2.05) is 41.5 Å². The van der Waals surface area contributed by atoms with Crippen LogP contribution in [0.5, 0.6) is 5.75 Å². The van der Waals surface area contributed by atoms with Gasteiger partial charge < -0.3 is 25.4 Å². The van der Waals surface area contributed by atoms with Crippen molar-refractivity contribution in [2.24, 2.45) is 5.92 Å². The van der Waals surface area contributed by atoms with Crippen LogP contribution in [0.3, 0.4) is 0 Å². The SMILES string of the molecule is CCCC(C)NC(=O)C(c1ccccc1O)N(C(=O)C(NC(=O)OC(C)(C)C)C(C)CC)C(C)CC. The molecule has 1 aromatic rings. The predicted molar refractivity (Wildman–Crippen MR) is 143 cm³/mol. The first-order chi connectivity index (χ1) is 16.8. The fraction of sp³-hybridized carbons (Fsp3) is 0.679. The van der Waals surface area contributed by atoms with Crippen LogP contribution in [-0.2, 0) is 14.3 Å². The van der Waals surface area contributed by atoms with Crippen molar-refractivity contribution in [3.8, 4) is 5.75 Å². The summed E-state index contributed by atoms with van der Waals surface area (Å²) >= 11 is 0. The number of benzene rings is 1. The first-order valence-corrected chi connectivity index (χ1v) is 13.2. The molecule has 0 bridgehead atoms. The van der Waals surface area contributed by atoms with Gasteiger partial charge in [-0.05, 0) is 59.4 Å². The van der Waals surface area contributed by atoms with E-state index in [0.29, 0.717) is 18.4 Å². The predicted octanol–water partition coefficient (Wildman–Crippen LogP) is 5.30. The van der Waals surface area contributed by atoms with Gasteiger partial charge in [0.2, 0.25) is 11.8 Å². The lowest BCUT2D eigenvalue weighted by Gasteiger charge is -2.39. The van der Waals surface area contributed by atoms with Crippen LogP contribution in [0.15, 0.2) is 24.3 Å². The summed E-state index contributed by atoms with van der Waals surface area (Å²) in [5.74, 6) is -1.05. The van der Waals surface area contributed by atoms with Gasteiger partial charge in [0.15, 0.2) is 0 Å². The molecule has 0 aromatic heterocycles. The van der Waals surface area contributed by atoms with Crippen molar-refractivity contribution in [2.45, 2.75) is 118 Å². The second-order valence-electron chi connectivity index (χ2n) is 10.7. The zero-order valence-electron chi connectivity index (χ0n) is 23.6. The van der Waals surface area contributed by atoms with E-state index in [9.17, 15) is 19.5 Å². The summed E-state index contributed by atoms with van der Waals surface area (Å²) in [6.45, 7) is 16.9. The number of aromatic hydroxyl groups is 1. The van der Waals surface area contributed by atoms with E-state index >= 15 is 0 Å². The zero-order valence-corrected chi connectivity index (χ0v) is 23.6. The number of carbonyl (C=O) groups is 3. The number of phenolic OH excluding ortho intramolecular Hbond substituents is 1. The van der Waals surface area contributed by atoms with Gasteiger partial charge in [-0.1, -0.05) is 58.7 Å². The summed E-state index contributed by atoms with van der Waals surface area (Å²) in [4.78, 5) is 42.1. The number of hydrogen-bond donors (Lipinski definition) is 3. The van der Waals surface area contributed by atoms with E-state index in [0.717, 1.165) is 12.8 Å². The Hall–Kier alpha value is -2.77. The average molecular weight is 506 g/mol. The van der Waals surface area contributed by atoms with E-state index < -0.39 is 29.7 Å². The minimum atomic E-state index is -1.07. The molecule has 0 aliphatic carbocycles. The third-order valence-electron chi connectivity index (χ3n) is 6.34. The lowest BCUT2D eigenvalue weighted by molar-refractivity contribution is -0.146. The fourth-order valence-corrected chi connectivity index (χ4v) is 4.04. The third kappa shape index (κ3) is 9.03. The van der Waals surface area contributed by atoms with Gasteiger partial charge in [0.25, 0.3) is 0 Å². The van der Waals surface area contributed by atoms with Gasteiger partial charge in [-0.2, -0.15) is 0 Å². The van der Waals surface area contributed by atoms with E-state index in [4.69, 9.17) is 4.74 Å². The molecule has 1 aromatic carbocycles. The van der Waals surface area contributed by atoms with Crippen molar-refractivity contribution in [1.82, 2.24) is 15.5 Å². The van der Waals surface area contributed by atoms with Crippen LogP contribution in [0.25, 0.3) is 0 Å². The van der Waals surface area contributed by atoms with Crippen LogP contribution >= 0.6 is 0 Å². The number of phenols is 1. The van der Waals surface area contributed by atoms with Crippen LogP contribution in [0.1, 0.15) is 99.6 Å². The first kappa shape index (κ1) is 31.3. The van der Waals surface area contributed by atoms with Crippen LogP contribution < -0.4 is 10.6 Å². The Morgan fingerprint density at radius 3 is 2.11 bits per heavy atom. The molecule has 0 aliphatic rings. The Labute approximate surface area is 217 Å². The van der Waals surface area contributed by atoms with Gasteiger partial charge in [-0.25, -0.2) is 4.79 Å². The minimum absolute atomic E-state index is 0.0675. The Kier molecular flexibility index (Phi) is 12.2. The van der Waals surface area contributed by atoms with Gasteiger partial charge >= 0.3 is 6.09 Å². The Morgan fingerprint density at radius 2 is 1.61 bits per heavy atom. The molecule has 3 amide bonds. The highest BCUT2D eigenvalue weighted by Gasteiger charge is 2.41. The summed E-state index contributed by atoms with van der Waals surface area (Å²) < 4.78 is 5.43. The van der Waals surface area contributed by atoms with Gasteiger partial charge in [-0.15, -0.1) is 0 Å². The molecule has 0 fully saturated rings. The van der Waals surface area contributed by atoms with Crippen molar-refractivity contribution in [3.63, 3.8) is 0 Å². The molecule has 3 N–H and O–H groups in total. The second kappa shape index (κ2) is 14.1. The van der Waals surface area contributed by atoms with E-state index in [-0.39, 0.29) is 29.7 Å². The molecule has 8 nitrogen and oxygen atoms in total. The highest BCUT2D eigenvalue weighted by molar-refractivity contribution is 5.93. The largest absolute Gasteiger partial charge is 0.508 e. The van der Waals surface area contributed by atoms with Crippen molar-refractivity contribution >= 4 is 17.9 Å².